The van der Waals surface area contributed by atoms with Gasteiger partial charge in [-0.3, -0.25) is 0 Å². The molecule has 0 aromatic heterocycles. The van der Waals surface area contributed by atoms with Crippen LogP contribution in [0.4, 0.5) is 4.79 Å². The van der Waals surface area contributed by atoms with Gasteiger partial charge in [-0.05, 0) is 52.0 Å². The van der Waals surface area contributed by atoms with Crippen LogP contribution in [0, 0.1) is 5.92 Å². The largest absolute Gasteiger partial charge is 0.444 e. The van der Waals surface area contributed by atoms with E-state index in [0.717, 1.165) is 18.4 Å². The first-order chi connectivity index (χ1) is 11.9. The van der Waals surface area contributed by atoms with Gasteiger partial charge in [0.1, 0.15) is 5.60 Å². The summed E-state index contributed by atoms with van der Waals surface area (Å²) in [5.41, 5.74) is 0.671. The van der Waals surface area contributed by atoms with Crippen LogP contribution >= 0.6 is 0 Å². The van der Waals surface area contributed by atoms with Crippen LogP contribution in [-0.4, -0.2) is 35.8 Å². The molecule has 4 heteroatoms. The molecule has 1 aromatic carbocycles. The van der Waals surface area contributed by atoms with Crippen LogP contribution in [0.3, 0.4) is 0 Å². The monoisotopic (exact) mass is 345 g/mol. The highest BCUT2D eigenvalue weighted by Crippen LogP contribution is 2.23. The number of carbonyl (C=O) groups excluding carboxylic acids is 1. The minimum atomic E-state index is -0.480. The number of benzene rings is 1. The third-order valence-electron chi connectivity index (χ3n) is 4.20. The Labute approximate surface area is 151 Å². The molecule has 0 aliphatic carbocycles. The van der Waals surface area contributed by atoms with Gasteiger partial charge in [-0.1, -0.05) is 42.5 Å². The quantitative estimate of drug-likeness (QED) is 0.736. The van der Waals surface area contributed by atoms with Crippen molar-refractivity contribution in [2.75, 3.05) is 13.1 Å². The molecule has 4 nitrogen and oxygen atoms in total. The van der Waals surface area contributed by atoms with E-state index in [2.05, 4.69) is 24.3 Å². The Balaban J connectivity index is 2.02. The van der Waals surface area contributed by atoms with Crippen molar-refractivity contribution in [3.8, 4) is 0 Å². The fraction of sp³-hybridized carbons (Fsp3) is 0.571. The average molecular weight is 345 g/mol. The van der Waals surface area contributed by atoms with Crippen LogP contribution in [0.2, 0.25) is 0 Å². The molecular formula is C21H31NO3. The van der Waals surface area contributed by atoms with Gasteiger partial charge in [-0.2, -0.15) is 0 Å². The smallest absolute Gasteiger partial charge is 0.410 e. The molecule has 1 fully saturated rings. The Morgan fingerprint density at radius 2 is 2.00 bits per heavy atom. The number of hydrogen-bond acceptors (Lipinski definition) is 3. The lowest BCUT2D eigenvalue weighted by Gasteiger charge is -2.28. The number of allylic oxidation sites excluding steroid dienone is 2. The highest BCUT2D eigenvalue weighted by Gasteiger charge is 2.29. The molecule has 0 saturated carbocycles. The summed E-state index contributed by atoms with van der Waals surface area (Å²) >= 11 is 0. The molecule has 25 heavy (non-hydrogen) atoms. The fourth-order valence-electron chi connectivity index (χ4n) is 3.04. The highest BCUT2D eigenvalue weighted by molar-refractivity contribution is 5.68. The van der Waals surface area contributed by atoms with E-state index < -0.39 is 5.60 Å². The van der Waals surface area contributed by atoms with Gasteiger partial charge in [0.25, 0.3) is 0 Å². The first-order valence-electron chi connectivity index (χ1n) is 9.13. The van der Waals surface area contributed by atoms with Gasteiger partial charge in [-0.25, -0.2) is 4.79 Å². The molecule has 1 aromatic rings. The van der Waals surface area contributed by atoms with E-state index in [4.69, 9.17) is 9.47 Å². The topological polar surface area (TPSA) is 38.8 Å². The van der Waals surface area contributed by atoms with E-state index in [1.54, 1.807) is 4.90 Å². The van der Waals surface area contributed by atoms with Crippen LogP contribution in [0.25, 0.3) is 0 Å². The summed E-state index contributed by atoms with van der Waals surface area (Å²) in [6.45, 7) is 9.58. The summed E-state index contributed by atoms with van der Waals surface area (Å²) in [4.78, 5) is 14.3. The normalized spacial score (nSPS) is 22.0. The van der Waals surface area contributed by atoms with Crippen molar-refractivity contribution in [3.63, 3.8) is 0 Å². The van der Waals surface area contributed by atoms with Gasteiger partial charge in [-0.15, -0.1) is 0 Å². The molecule has 2 rings (SSSR count). The molecule has 0 radical (unpaired) electrons. The fourth-order valence-corrected chi connectivity index (χ4v) is 3.04. The standard InChI is InChI=1S/C21H31NO3/c1-5-9-17-12-13-22(20(23)25-21(2,3)4)15-19(14-17)24-16-18-10-7-6-8-11-18/h5-11,17,19H,12-16H2,1-4H3. The Morgan fingerprint density at radius 1 is 1.28 bits per heavy atom. The van der Waals surface area contributed by atoms with E-state index in [9.17, 15) is 4.79 Å². The predicted octanol–water partition coefficient (Wildman–Crippen LogP) is 4.80. The molecule has 1 aliphatic rings. The van der Waals surface area contributed by atoms with Gasteiger partial charge < -0.3 is 14.4 Å². The van der Waals surface area contributed by atoms with Crippen LogP contribution in [-0.2, 0) is 16.1 Å². The number of amides is 1. The maximum atomic E-state index is 12.5. The zero-order chi connectivity index (χ0) is 18.3. The molecule has 138 valence electrons. The van der Waals surface area contributed by atoms with Crippen LogP contribution in [0.5, 0.6) is 0 Å². The van der Waals surface area contributed by atoms with Crippen molar-refractivity contribution in [2.24, 2.45) is 5.92 Å². The Morgan fingerprint density at radius 3 is 2.64 bits per heavy atom. The number of rotatable bonds is 4. The lowest BCUT2D eigenvalue weighted by atomic mass is 9.99. The van der Waals surface area contributed by atoms with Gasteiger partial charge in [0.15, 0.2) is 0 Å². The van der Waals surface area contributed by atoms with Gasteiger partial charge >= 0.3 is 6.09 Å². The summed E-state index contributed by atoms with van der Waals surface area (Å²) in [7, 11) is 0. The lowest BCUT2D eigenvalue weighted by Crippen LogP contribution is -2.40. The van der Waals surface area contributed by atoms with Gasteiger partial charge in [0, 0.05) is 6.54 Å². The molecule has 1 saturated heterocycles. The van der Waals surface area contributed by atoms with Crippen molar-refractivity contribution >= 4 is 6.09 Å². The number of carbonyl (C=O) groups is 1. The maximum Gasteiger partial charge on any atom is 0.410 e. The molecule has 2 unspecified atom stereocenters. The minimum absolute atomic E-state index is 0.0106. The van der Waals surface area contributed by atoms with E-state index >= 15 is 0 Å². The molecular weight excluding hydrogens is 314 g/mol. The molecule has 2 atom stereocenters. The van der Waals surface area contributed by atoms with Crippen LogP contribution in [0.15, 0.2) is 42.5 Å². The molecule has 1 aliphatic heterocycles. The van der Waals surface area contributed by atoms with Crippen LogP contribution in [0.1, 0.15) is 46.1 Å². The van der Waals surface area contributed by atoms with E-state index in [0.29, 0.717) is 25.6 Å². The van der Waals surface area contributed by atoms with Crippen molar-refractivity contribution < 1.29 is 14.3 Å². The van der Waals surface area contributed by atoms with Crippen molar-refractivity contribution in [3.05, 3.63) is 48.0 Å². The Hall–Kier alpha value is -1.81. The second kappa shape index (κ2) is 9.04. The highest BCUT2D eigenvalue weighted by atomic mass is 16.6. The van der Waals surface area contributed by atoms with E-state index in [1.165, 1.54) is 0 Å². The zero-order valence-electron chi connectivity index (χ0n) is 15.9. The average Bonchev–Trinajstić information content (AvgIpc) is 2.75. The minimum Gasteiger partial charge on any atom is -0.444 e. The molecule has 0 bridgehead atoms. The Kier molecular flexibility index (Phi) is 7.06. The summed E-state index contributed by atoms with van der Waals surface area (Å²) in [6, 6.07) is 10.2. The number of likely N-dealkylation sites (tertiary alicyclic amines) is 1. The van der Waals surface area contributed by atoms with Crippen molar-refractivity contribution in [2.45, 2.75) is 58.8 Å². The predicted molar refractivity (Wildman–Crippen MR) is 100 cm³/mol. The second-order valence-corrected chi connectivity index (χ2v) is 7.66. The van der Waals surface area contributed by atoms with Gasteiger partial charge in [0.05, 0.1) is 19.3 Å². The molecule has 1 heterocycles. The summed E-state index contributed by atoms with van der Waals surface area (Å²) in [5.74, 6) is 0.429. The summed E-state index contributed by atoms with van der Waals surface area (Å²) in [6.07, 6.45) is 5.93. The summed E-state index contributed by atoms with van der Waals surface area (Å²) < 4.78 is 11.7. The molecule has 0 N–H and O–H groups in total. The lowest BCUT2D eigenvalue weighted by molar-refractivity contribution is -0.00488. The van der Waals surface area contributed by atoms with Crippen LogP contribution < -0.4 is 0 Å². The van der Waals surface area contributed by atoms with Gasteiger partial charge in [0.2, 0.25) is 0 Å². The molecule has 1 amide bonds. The maximum absolute atomic E-state index is 12.5. The third-order valence-corrected chi connectivity index (χ3v) is 4.20. The Bertz CT molecular complexity index is 562. The number of nitrogens with zero attached hydrogens (tertiary/aromatic N) is 1. The first kappa shape index (κ1) is 19.5. The SMILES string of the molecule is CC=CC1CCN(C(=O)OC(C)(C)C)CC(OCc2ccccc2)C1. The number of ether oxygens (including phenoxy) is 2. The molecule has 0 spiro atoms. The third kappa shape index (κ3) is 6.91. The zero-order valence-corrected chi connectivity index (χ0v) is 15.9. The second-order valence-electron chi connectivity index (χ2n) is 7.66. The van der Waals surface area contributed by atoms with Crippen molar-refractivity contribution in [1.82, 2.24) is 4.90 Å². The van der Waals surface area contributed by atoms with E-state index in [1.807, 2.05) is 45.9 Å². The summed E-state index contributed by atoms with van der Waals surface area (Å²) in [5, 5.41) is 0. The number of hydrogen-bond donors (Lipinski definition) is 0. The first-order valence-corrected chi connectivity index (χ1v) is 9.13. The van der Waals surface area contributed by atoms with E-state index in [-0.39, 0.29) is 12.2 Å². The van der Waals surface area contributed by atoms with Crippen molar-refractivity contribution in [1.29, 1.82) is 0 Å².